The Hall–Kier alpha value is -3.03. The van der Waals surface area contributed by atoms with Crippen LogP contribution in [-0.4, -0.2) is 28.6 Å². The highest BCUT2D eigenvalue weighted by Crippen LogP contribution is 2.40. The Balaban J connectivity index is 1.94. The standard InChI is InChI=1S/C24H22ClNO5S/c1-3-20(27)26-23-21(24(29)30-4-2)22(28)19(32-23)13-15-9-6-8-12-18(15)31-14-16-10-5-7-11-17(16)25/h5-13,28H,3-4,14H2,1-2H3/b19-13-,26-23?. The van der Waals surface area contributed by atoms with Crippen molar-refractivity contribution >= 4 is 46.4 Å². The second-order valence-electron chi connectivity index (χ2n) is 6.64. The van der Waals surface area contributed by atoms with Gasteiger partial charge in [0, 0.05) is 22.6 Å². The van der Waals surface area contributed by atoms with E-state index in [4.69, 9.17) is 21.1 Å². The van der Waals surface area contributed by atoms with Crippen molar-refractivity contribution in [3.63, 3.8) is 0 Å². The number of ether oxygens (including phenoxy) is 2. The van der Waals surface area contributed by atoms with E-state index in [9.17, 15) is 14.7 Å². The molecule has 166 valence electrons. The van der Waals surface area contributed by atoms with Crippen LogP contribution in [0.2, 0.25) is 5.02 Å². The molecule has 0 saturated heterocycles. The van der Waals surface area contributed by atoms with E-state index in [1.807, 2.05) is 36.4 Å². The number of carbonyl (C=O) groups is 2. The predicted octanol–water partition coefficient (Wildman–Crippen LogP) is 5.72. The number of thioether (sulfide) groups is 1. The van der Waals surface area contributed by atoms with Gasteiger partial charge in [-0.15, -0.1) is 0 Å². The number of hydrogen-bond donors (Lipinski definition) is 1. The van der Waals surface area contributed by atoms with Crippen molar-refractivity contribution in [1.82, 2.24) is 0 Å². The molecule has 8 heteroatoms. The normalized spacial score (nSPS) is 16.0. The van der Waals surface area contributed by atoms with Gasteiger partial charge in [0.15, 0.2) is 0 Å². The van der Waals surface area contributed by atoms with Crippen LogP contribution in [0.15, 0.2) is 69.8 Å². The maximum atomic E-state index is 12.4. The van der Waals surface area contributed by atoms with E-state index in [1.54, 1.807) is 32.1 Å². The van der Waals surface area contributed by atoms with Crippen LogP contribution in [0, 0.1) is 0 Å². The van der Waals surface area contributed by atoms with Crippen LogP contribution in [0.5, 0.6) is 5.75 Å². The summed E-state index contributed by atoms with van der Waals surface area (Å²) in [5.74, 6) is -0.836. The van der Waals surface area contributed by atoms with E-state index >= 15 is 0 Å². The van der Waals surface area contributed by atoms with E-state index in [0.717, 1.165) is 17.3 Å². The fourth-order valence-electron chi connectivity index (χ4n) is 2.83. The van der Waals surface area contributed by atoms with E-state index in [2.05, 4.69) is 4.99 Å². The van der Waals surface area contributed by atoms with Crippen LogP contribution < -0.4 is 4.74 Å². The fourth-order valence-corrected chi connectivity index (χ4v) is 4.04. The average Bonchev–Trinajstić information content (AvgIpc) is 3.08. The number of halogens is 1. The third kappa shape index (κ3) is 5.60. The summed E-state index contributed by atoms with van der Waals surface area (Å²) in [5, 5.41) is 11.5. The summed E-state index contributed by atoms with van der Waals surface area (Å²) >= 11 is 7.24. The van der Waals surface area contributed by atoms with Crippen LogP contribution >= 0.6 is 23.4 Å². The molecule has 1 heterocycles. The molecule has 1 aliphatic heterocycles. The number of para-hydroxylation sites is 1. The number of esters is 1. The summed E-state index contributed by atoms with van der Waals surface area (Å²) in [7, 11) is 0. The number of hydrogen-bond acceptors (Lipinski definition) is 6. The smallest absolute Gasteiger partial charge is 0.344 e. The molecular formula is C24H22ClNO5S. The number of nitrogens with zero attached hydrogens (tertiary/aromatic N) is 1. The molecule has 1 amide bonds. The molecule has 2 aromatic carbocycles. The predicted molar refractivity (Wildman–Crippen MR) is 127 cm³/mol. The molecule has 6 nitrogen and oxygen atoms in total. The SMILES string of the molecule is CCOC(=O)C1=C(O)/C(=C/c2ccccc2OCc2ccccc2Cl)SC1=NC(=O)CC. The number of rotatable bonds is 7. The average molecular weight is 472 g/mol. The molecule has 0 bridgehead atoms. The minimum Gasteiger partial charge on any atom is -0.506 e. The lowest BCUT2D eigenvalue weighted by Gasteiger charge is -2.11. The first-order valence-corrected chi connectivity index (χ1v) is 11.2. The highest BCUT2D eigenvalue weighted by Gasteiger charge is 2.33. The molecule has 0 spiro atoms. The molecule has 0 aromatic heterocycles. The summed E-state index contributed by atoms with van der Waals surface area (Å²) in [5.41, 5.74) is 1.41. The zero-order chi connectivity index (χ0) is 23.1. The summed E-state index contributed by atoms with van der Waals surface area (Å²) < 4.78 is 11.0. The van der Waals surface area contributed by atoms with Crippen molar-refractivity contribution in [1.29, 1.82) is 0 Å². The van der Waals surface area contributed by atoms with E-state index in [0.29, 0.717) is 21.2 Å². The zero-order valence-corrected chi connectivity index (χ0v) is 19.2. The summed E-state index contributed by atoms with van der Waals surface area (Å²) in [6, 6.07) is 14.7. The zero-order valence-electron chi connectivity index (χ0n) is 17.6. The minimum absolute atomic E-state index is 0.112. The monoisotopic (exact) mass is 471 g/mol. The van der Waals surface area contributed by atoms with Crippen molar-refractivity contribution in [2.24, 2.45) is 4.99 Å². The number of carbonyl (C=O) groups excluding carboxylic acids is 2. The van der Waals surface area contributed by atoms with Gasteiger partial charge in [0.1, 0.15) is 28.7 Å². The van der Waals surface area contributed by atoms with Gasteiger partial charge in [0.2, 0.25) is 5.91 Å². The first-order valence-electron chi connectivity index (χ1n) is 10.0. The second kappa shape index (κ2) is 11.0. The number of aliphatic hydroxyl groups is 1. The highest BCUT2D eigenvalue weighted by atomic mass is 35.5. The first-order chi connectivity index (χ1) is 15.4. The third-order valence-electron chi connectivity index (χ3n) is 4.45. The molecule has 3 rings (SSSR count). The van der Waals surface area contributed by atoms with Gasteiger partial charge in [0.05, 0.1) is 11.5 Å². The van der Waals surface area contributed by atoms with Crippen LogP contribution in [0.1, 0.15) is 31.4 Å². The highest BCUT2D eigenvalue weighted by molar-refractivity contribution is 8.18. The maximum Gasteiger partial charge on any atom is 0.344 e. The first kappa shape index (κ1) is 23.6. The van der Waals surface area contributed by atoms with Crippen molar-refractivity contribution in [2.45, 2.75) is 26.9 Å². The molecule has 1 N–H and O–H groups in total. The number of aliphatic hydroxyl groups excluding tert-OH is 1. The van der Waals surface area contributed by atoms with Gasteiger partial charge >= 0.3 is 5.97 Å². The van der Waals surface area contributed by atoms with Gasteiger partial charge in [-0.05, 0) is 25.1 Å². The van der Waals surface area contributed by atoms with Gasteiger partial charge in [0.25, 0.3) is 0 Å². The Labute approximate surface area is 195 Å². The quantitative estimate of drug-likeness (QED) is 0.520. The number of aliphatic imine (C=N–C) groups is 1. The Kier molecular flexibility index (Phi) is 8.14. The third-order valence-corrected chi connectivity index (χ3v) is 5.83. The Morgan fingerprint density at radius 2 is 1.84 bits per heavy atom. The van der Waals surface area contributed by atoms with Gasteiger partial charge < -0.3 is 14.6 Å². The Morgan fingerprint density at radius 1 is 1.12 bits per heavy atom. The van der Waals surface area contributed by atoms with Crippen molar-refractivity contribution in [2.75, 3.05) is 6.61 Å². The van der Waals surface area contributed by atoms with E-state index < -0.39 is 11.9 Å². The molecule has 32 heavy (non-hydrogen) atoms. The maximum absolute atomic E-state index is 12.4. The summed E-state index contributed by atoms with van der Waals surface area (Å²) in [6.45, 7) is 3.73. The van der Waals surface area contributed by atoms with Gasteiger partial charge in [-0.1, -0.05) is 66.7 Å². The van der Waals surface area contributed by atoms with E-state index in [1.165, 1.54) is 0 Å². The van der Waals surface area contributed by atoms with Crippen LogP contribution in [0.4, 0.5) is 0 Å². The lowest BCUT2D eigenvalue weighted by atomic mass is 10.1. The van der Waals surface area contributed by atoms with Crippen molar-refractivity contribution in [3.8, 4) is 5.75 Å². The Bertz CT molecular complexity index is 1120. The lowest BCUT2D eigenvalue weighted by Crippen LogP contribution is -2.14. The van der Waals surface area contributed by atoms with Crippen molar-refractivity contribution in [3.05, 3.63) is 80.9 Å². The largest absolute Gasteiger partial charge is 0.506 e. The minimum atomic E-state index is -0.730. The fraction of sp³-hybridized carbons (Fsp3) is 0.208. The number of benzene rings is 2. The topological polar surface area (TPSA) is 85.2 Å². The summed E-state index contributed by atoms with van der Waals surface area (Å²) in [4.78, 5) is 28.6. The van der Waals surface area contributed by atoms with E-state index in [-0.39, 0.29) is 36.0 Å². The molecule has 1 aliphatic rings. The molecule has 0 saturated carbocycles. The van der Waals surface area contributed by atoms with Crippen LogP contribution in [-0.2, 0) is 20.9 Å². The summed E-state index contributed by atoms with van der Waals surface area (Å²) in [6.07, 6.45) is 1.86. The molecule has 2 aromatic rings. The molecule has 0 unspecified atom stereocenters. The number of amides is 1. The van der Waals surface area contributed by atoms with Gasteiger partial charge in [-0.3, -0.25) is 4.79 Å². The Morgan fingerprint density at radius 3 is 2.56 bits per heavy atom. The van der Waals surface area contributed by atoms with Gasteiger partial charge in [-0.25, -0.2) is 9.79 Å². The van der Waals surface area contributed by atoms with Gasteiger partial charge in [-0.2, -0.15) is 0 Å². The van der Waals surface area contributed by atoms with Crippen LogP contribution in [0.3, 0.4) is 0 Å². The van der Waals surface area contributed by atoms with Crippen LogP contribution in [0.25, 0.3) is 6.08 Å². The van der Waals surface area contributed by atoms with Crippen molar-refractivity contribution < 1.29 is 24.2 Å². The second-order valence-corrected chi connectivity index (χ2v) is 8.07. The molecule has 0 fully saturated rings. The molecule has 0 aliphatic carbocycles. The molecular weight excluding hydrogens is 450 g/mol. The molecule has 0 atom stereocenters. The lowest BCUT2D eigenvalue weighted by molar-refractivity contribution is -0.138. The molecule has 0 radical (unpaired) electrons.